The first-order valence-electron chi connectivity index (χ1n) is 15.3. The van der Waals surface area contributed by atoms with E-state index in [1.807, 2.05) is 30.3 Å². The normalized spacial score (nSPS) is 15.7. The lowest BCUT2D eigenvalue weighted by Gasteiger charge is -2.33. The molecule has 2 fully saturated rings. The van der Waals surface area contributed by atoms with Crippen LogP contribution in [0.3, 0.4) is 0 Å². The van der Waals surface area contributed by atoms with Crippen molar-refractivity contribution in [3.8, 4) is 11.6 Å². The van der Waals surface area contributed by atoms with E-state index >= 15 is 0 Å². The summed E-state index contributed by atoms with van der Waals surface area (Å²) in [7, 11) is -3.35. The Morgan fingerprint density at radius 1 is 0.913 bits per heavy atom. The van der Waals surface area contributed by atoms with Crippen LogP contribution < -0.4 is 20.5 Å². The fourth-order valence-electron chi connectivity index (χ4n) is 5.83. The number of likely N-dealkylation sites (tertiary alicyclic amines) is 1. The van der Waals surface area contributed by atoms with Crippen molar-refractivity contribution < 1.29 is 22.7 Å². The molecule has 0 spiro atoms. The molecule has 238 valence electrons. The second-order valence-corrected chi connectivity index (χ2v) is 13.6. The second kappa shape index (κ2) is 13.3. The molecule has 4 aromatic rings. The van der Waals surface area contributed by atoms with Crippen molar-refractivity contribution in [3.05, 3.63) is 107 Å². The average Bonchev–Trinajstić information content (AvgIpc) is 3.88. The summed E-state index contributed by atoms with van der Waals surface area (Å²) in [6.07, 6.45) is 6.62. The number of hydrogen-bond acceptors (Lipinski definition) is 8. The van der Waals surface area contributed by atoms with Crippen LogP contribution in [0, 0.1) is 0 Å². The van der Waals surface area contributed by atoms with Crippen LogP contribution in [0.4, 0.5) is 11.4 Å². The van der Waals surface area contributed by atoms with E-state index in [4.69, 9.17) is 15.5 Å². The Bertz CT molecular complexity index is 1840. The zero-order valence-corrected chi connectivity index (χ0v) is 26.3. The molecule has 1 saturated carbocycles. The molecule has 1 aliphatic heterocycles. The Morgan fingerprint density at radius 3 is 2.28 bits per heavy atom. The summed E-state index contributed by atoms with van der Waals surface area (Å²) < 4.78 is 31.4. The van der Waals surface area contributed by atoms with Crippen LogP contribution in [-0.2, 0) is 16.6 Å². The Morgan fingerprint density at radius 2 is 1.63 bits per heavy atom. The van der Waals surface area contributed by atoms with Crippen LogP contribution in [0.25, 0.3) is 0 Å². The quantitative estimate of drug-likeness (QED) is 0.201. The van der Waals surface area contributed by atoms with Crippen LogP contribution >= 0.6 is 0 Å². The molecule has 1 aliphatic carbocycles. The predicted octanol–water partition coefficient (Wildman–Crippen LogP) is 5.25. The number of rotatable bonds is 11. The molecular weight excluding hydrogens is 604 g/mol. The van der Waals surface area contributed by atoms with Crippen molar-refractivity contribution in [2.45, 2.75) is 44.1 Å². The van der Waals surface area contributed by atoms with Crippen LogP contribution in [0.5, 0.6) is 11.6 Å². The van der Waals surface area contributed by atoms with Crippen molar-refractivity contribution in [3.63, 3.8) is 0 Å². The van der Waals surface area contributed by atoms with Gasteiger partial charge in [-0.05, 0) is 98.3 Å². The number of nitrogens with zero attached hydrogens (tertiary/aromatic N) is 3. The summed E-state index contributed by atoms with van der Waals surface area (Å²) in [5, 5.41) is 2.89. The molecule has 2 aliphatic rings. The molecule has 0 bridgehead atoms. The highest BCUT2D eigenvalue weighted by Crippen LogP contribution is 2.42. The maximum Gasteiger partial charge on any atom is 0.267 e. The number of pyridine rings is 2. The van der Waals surface area contributed by atoms with E-state index in [1.54, 1.807) is 30.3 Å². The highest BCUT2D eigenvalue weighted by molar-refractivity contribution is 7.92. The van der Waals surface area contributed by atoms with E-state index in [2.05, 4.69) is 26.0 Å². The summed E-state index contributed by atoms with van der Waals surface area (Å²) >= 11 is 0. The van der Waals surface area contributed by atoms with Gasteiger partial charge in [0.05, 0.1) is 23.8 Å². The summed E-state index contributed by atoms with van der Waals surface area (Å²) in [6.45, 7) is 2.60. The molecule has 46 heavy (non-hydrogen) atoms. The largest absolute Gasteiger partial charge is 0.439 e. The number of nitrogens with one attached hydrogen (secondary N) is 2. The van der Waals surface area contributed by atoms with Crippen LogP contribution in [0.15, 0.2) is 79.0 Å². The van der Waals surface area contributed by atoms with E-state index in [-0.39, 0.29) is 17.5 Å². The van der Waals surface area contributed by atoms with Gasteiger partial charge in [0.25, 0.3) is 11.8 Å². The van der Waals surface area contributed by atoms with Crippen molar-refractivity contribution >= 4 is 33.2 Å². The molecule has 12 heteroatoms. The summed E-state index contributed by atoms with van der Waals surface area (Å²) in [6, 6.07) is 21.6. The average molecular weight is 641 g/mol. The Balaban J connectivity index is 1.07. The van der Waals surface area contributed by atoms with Gasteiger partial charge in [-0.2, -0.15) is 0 Å². The highest BCUT2D eigenvalue weighted by Gasteiger charge is 2.30. The van der Waals surface area contributed by atoms with Crippen LogP contribution in [0.2, 0.25) is 0 Å². The number of sulfonamides is 1. The first kappa shape index (κ1) is 31.2. The first-order chi connectivity index (χ1) is 22.1. The smallest absolute Gasteiger partial charge is 0.267 e. The molecule has 6 rings (SSSR count). The number of carbonyl (C=O) groups excluding carboxylic acids is 2. The lowest BCUT2D eigenvalue weighted by atomic mass is 9.86. The monoisotopic (exact) mass is 640 g/mol. The minimum Gasteiger partial charge on any atom is -0.439 e. The third-order valence-corrected chi connectivity index (χ3v) is 8.84. The maximum atomic E-state index is 13.2. The van der Waals surface area contributed by atoms with Gasteiger partial charge in [0.15, 0.2) is 0 Å². The number of hydrogen-bond donors (Lipinski definition) is 3. The molecule has 1 saturated heterocycles. The van der Waals surface area contributed by atoms with Gasteiger partial charge >= 0.3 is 0 Å². The first-order valence-corrected chi connectivity index (χ1v) is 17.1. The van der Waals surface area contributed by atoms with Gasteiger partial charge in [-0.15, -0.1) is 0 Å². The molecule has 0 radical (unpaired) electrons. The lowest BCUT2D eigenvalue weighted by Crippen LogP contribution is -2.33. The summed E-state index contributed by atoms with van der Waals surface area (Å²) in [5.74, 6) is 0.953. The number of piperidine rings is 1. The van der Waals surface area contributed by atoms with Gasteiger partial charge in [0, 0.05) is 29.8 Å². The molecule has 4 N–H and O–H groups in total. The Labute approximate surface area is 268 Å². The Hall–Kier alpha value is -4.81. The summed E-state index contributed by atoms with van der Waals surface area (Å²) in [4.78, 5) is 35.9. The molecule has 0 atom stereocenters. The van der Waals surface area contributed by atoms with Crippen LogP contribution in [-0.4, -0.2) is 54.4 Å². The number of anilines is 2. The van der Waals surface area contributed by atoms with E-state index in [9.17, 15) is 18.0 Å². The zero-order chi connectivity index (χ0) is 32.3. The SMILES string of the molecule is CS(=O)(=O)Nc1ccc(Oc2ccc(CN3CCC(c4ccccc4C(=O)Nc4ccc(C(N)=O)nc4)CC3)c(C3CC3)n2)cc1. The molecule has 11 nitrogen and oxygen atoms in total. The topological polar surface area (TPSA) is 157 Å². The molecule has 2 amide bonds. The lowest BCUT2D eigenvalue weighted by molar-refractivity contribution is 0.0994. The van der Waals surface area contributed by atoms with Crippen molar-refractivity contribution in [2.75, 3.05) is 29.4 Å². The van der Waals surface area contributed by atoms with Gasteiger partial charge in [-0.25, -0.2) is 18.4 Å². The number of ether oxygens (including phenoxy) is 1. The van der Waals surface area contributed by atoms with E-state index in [0.717, 1.165) is 62.8 Å². The van der Waals surface area contributed by atoms with Crippen molar-refractivity contribution in [2.24, 2.45) is 5.73 Å². The molecule has 3 heterocycles. The second-order valence-electron chi connectivity index (χ2n) is 11.9. The molecule has 2 aromatic carbocycles. The predicted molar refractivity (Wildman–Crippen MR) is 176 cm³/mol. The number of carbonyl (C=O) groups is 2. The summed E-state index contributed by atoms with van der Waals surface area (Å²) in [5.41, 5.74) is 10.3. The number of primary amides is 1. The fourth-order valence-corrected chi connectivity index (χ4v) is 6.39. The Kier molecular flexibility index (Phi) is 9.00. The van der Waals surface area contributed by atoms with Crippen molar-refractivity contribution in [1.82, 2.24) is 14.9 Å². The van der Waals surface area contributed by atoms with E-state index in [0.29, 0.717) is 34.5 Å². The van der Waals surface area contributed by atoms with Crippen molar-refractivity contribution in [1.29, 1.82) is 0 Å². The highest BCUT2D eigenvalue weighted by atomic mass is 32.2. The fraction of sp³-hybridized carbons (Fsp3) is 0.294. The number of aromatic nitrogens is 2. The standard InChI is InChI=1S/C34H36N6O5S/c1-46(43,44)39-25-9-12-27(13-10-25)45-31-15-8-24(32(38-31)23-6-7-23)21-40-18-16-22(17-19-40)28-4-2-3-5-29(28)34(42)37-26-11-14-30(33(35)41)36-20-26/h2-5,8-15,20,22-23,39H,6-7,16-19,21H2,1H3,(H2,35,41)(H,37,42). The minimum atomic E-state index is -3.35. The molecule has 2 aromatic heterocycles. The maximum absolute atomic E-state index is 13.2. The van der Waals surface area contributed by atoms with Gasteiger partial charge in [-0.3, -0.25) is 19.2 Å². The minimum absolute atomic E-state index is 0.142. The number of nitrogens with two attached hydrogens (primary N) is 1. The van der Waals surface area contributed by atoms with Crippen LogP contribution in [0.1, 0.15) is 75.2 Å². The number of benzene rings is 2. The number of amides is 2. The van der Waals surface area contributed by atoms with E-state index in [1.165, 1.54) is 17.8 Å². The van der Waals surface area contributed by atoms with Gasteiger partial charge in [0.1, 0.15) is 11.4 Å². The molecule has 0 unspecified atom stereocenters. The third-order valence-electron chi connectivity index (χ3n) is 8.23. The third kappa shape index (κ3) is 7.88. The van der Waals surface area contributed by atoms with Gasteiger partial charge < -0.3 is 15.8 Å². The van der Waals surface area contributed by atoms with Gasteiger partial charge in [-0.1, -0.05) is 24.3 Å². The van der Waals surface area contributed by atoms with E-state index < -0.39 is 15.9 Å². The zero-order valence-electron chi connectivity index (χ0n) is 25.5. The van der Waals surface area contributed by atoms with Gasteiger partial charge in [0.2, 0.25) is 15.9 Å². The molecular formula is C34H36N6O5S.